The number of amides is 1. The lowest BCUT2D eigenvalue weighted by Crippen LogP contribution is -2.48. The molecule has 0 fully saturated rings. The molecule has 0 bridgehead atoms. The molecule has 0 radical (unpaired) electrons. The Balaban J connectivity index is 1.53. The van der Waals surface area contributed by atoms with Crippen molar-refractivity contribution >= 4 is 22.5 Å². The van der Waals surface area contributed by atoms with Crippen LogP contribution in [0, 0.1) is 11.6 Å². The fraction of sp³-hybridized carbons (Fsp3) is 0.344. The fourth-order valence-electron chi connectivity index (χ4n) is 4.96. The van der Waals surface area contributed by atoms with Crippen LogP contribution in [0.5, 0.6) is 0 Å². The maximum atomic E-state index is 13.9. The maximum absolute atomic E-state index is 13.9. The number of benzene rings is 3. The van der Waals surface area contributed by atoms with Crippen LogP contribution in [0.1, 0.15) is 53.7 Å². The van der Waals surface area contributed by atoms with Gasteiger partial charge in [0.05, 0.1) is 17.7 Å². The van der Waals surface area contributed by atoms with Crippen LogP contribution in [-0.4, -0.2) is 34.3 Å². The zero-order valence-electron chi connectivity index (χ0n) is 23.1. The van der Waals surface area contributed by atoms with E-state index in [-0.39, 0.29) is 13.0 Å². The number of carbonyl (C=O) groups excluding carboxylic acids is 1. The first-order chi connectivity index (χ1) is 19.3. The number of halogens is 2. The highest BCUT2D eigenvalue weighted by Gasteiger charge is 2.24. The number of rotatable bonds is 13. The molecule has 40 heavy (non-hydrogen) atoms. The van der Waals surface area contributed by atoms with Crippen molar-refractivity contribution in [1.29, 1.82) is 0 Å². The monoisotopic (exact) mass is 548 g/mol. The molecule has 3 aromatic carbocycles. The second-order valence-corrected chi connectivity index (χ2v) is 10.3. The summed E-state index contributed by atoms with van der Waals surface area (Å²) in [7, 11) is 0. The molecule has 1 heterocycles. The average molecular weight is 549 g/mol. The van der Waals surface area contributed by atoms with Crippen molar-refractivity contribution in [1.82, 2.24) is 15.2 Å². The van der Waals surface area contributed by atoms with Gasteiger partial charge in [-0.3, -0.25) is 4.79 Å². The van der Waals surface area contributed by atoms with Gasteiger partial charge in [-0.2, -0.15) is 0 Å². The first-order valence-corrected chi connectivity index (χ1v) is 13.9. The number of aryl methyl sites for hydroxylation is 2. The second-order valence-electron chi connectivity index (χ2n) is 10.3. The van der Waals surface area contributed by atoms with Gasteiger partial charge in [-0.1, -0.05) is 44.5 Å². The number of hydrogen-bond acceptors (Lipinski definition) is 4. The lowest BCUT2D eigenvalue weighted by atomic mass is 9.99. The quantitative estimate of drug-likeness (QED) is 0.169. The minimum absolute atomic E-state index is 0.0409. The van der Waals surface area contributed by atoms with Crippen LogP contribution in [0.2, 0.25) is 0 Å². The van der Waals surface area contributed by atoms with Gasteiger partial charge in [0.15, 0.2) is 0 Å². The number of nitrogens with zero attached hydrogens (tertiary/aromatic N) is 1. The molecule has 0 unspecified atom stereocenters. The van der Waals surface area contributed by atoms with Gasteiger partial charge in [-0.15, -0.1) is 0 Å². The molecule has 0 saturated heterocycles. The molecule has 0 spiro atoms. The van der Waals surface area contributed by atoms with Gasteiger partial charge in [0.2, 0.25) is 0 Å². The number of aliphatic hydroxyl groups is 1. The topological polar surface area (TPSA) is 92.3 Å². The van der Waals surface area contributed by atoms with Crippen LogP contribution in [-0.2, 0) is 25.9 Å². The van der Waals surface area contributed by atoms with Crippen LogP contribution in [0.3, 0.4) is 0 Å². The Morgan fingerprint density at radius 1 is 1.00 bits per heavy atom. The van der Waals surface area contributed by atoms with Gasteiger partial charge in [-0.05, 0) is 66.3 Å². The zero-order valence-corrected chi connectivity index (χ0v) is 23.1. The summed E-state index contributed by atoms with van der Waals surface area (Å²) in [6.07, 6.45) is 3.93. The lowest BCUT2D eigenvalue weighted by Gasteiger charge is -2.25. The summed E-state index contributed by atoms with van der Waals surface area (Å²) >= 11 is 0. The normalized spacial score (nSPS) is 12.9. The van der Waals surface area contributed by atoms with E-state index >= 15 is 0 Å². The van der Waals surface area contributed by atoms with E-state index in [4.69, 9.17) is 5.73 Å². The van der Waals surface area contributed by atoms with E-state index in [1.807, 2.05) is 24.4 Å². The van der Waals surface area contributed by atoms with Gasteiger partial charge >= 0.3 is 0 Å². The van der Waals surface area contributed by atoms with Crippen LogP contribution >= 0.6 is 0 Å². The third-order valence-corrected chi connectivity index (χ3v) is 7.18. The second kappa shape index (κ2) is 13.5. The Kier molecular flexibility index (Phi) is 9.90. The summed E-state index contributed by atoms with van der Waals surface area (Å²) in [5.41, 5.74) is 10.6. The number of nitrogens with two attached hydrogens (primary N) is 1. The number of aliphatic hydroxyl groups excluding tert-OH is 1. The molecule has 0 saturated carbocycles. The molecule has 1 amide bonds. The molecular weight excluding hydrogens is 510 g/mol. The number of nitrogens with one attached hydrogen (secondary N) is 2. The Labute approximate surface area is 234 Å². The number of anilines is 1. The van der Waals surface area contributed by atoms with E-state index in [1.54, 1.807) is 12.1 Å². The summed E-state index contributed by atoms with van der Waals surface area (Å²) in [4.78, 5) is 13.4. The average Bonchev–Trinajstić information content (AvgIpc) is 3.34. The predicted molar refractivity (Wildman–Crippen MR) is 156 cm³/mol. The highest BCUT2D eigenvalue weighted by molar-refractivity contribution is 6.02. The SMILES string of the molecule is CCCCn1ccc2c(N)cc(C(=O)N[C@@H](Cc3cc(F)cc(F)c3)[C@H](O)CNCc3cccc(CC)c3)cc21. The molecule has 2 atom stereocenters. The van der Waals surface area contributed by atoms with Crippen molar-refractivity contribution in [3.8, 4) is 0 Å². The molecule has 4 aromatic rings. The summed E-state index contributed by atoms with van der Waals surface area (Å²) in [5.74, 6) is -1.85. The minimum Gasteiger partial charge on any atom is -0.398 e. The predicted octanol–water partition coefficient (Wildman–Crippen LogP) is 5.36. The van der Waals surface area contributed by atoms with E-state index in [9.17, 15) is 18.7 Å². The molecule has 212 valence electrons. The van der Waals surface area contributed by atoms with E-state index < -0.39 is 29.7 Å². The van der Waals surface area contributed by atoms with Crippen molar-refractivity contribution < 1.29 is 18.7 Å². The first-order valence-electron chi connectivity index (χ1n) is 13.9. The fourth-order valence-corrected chi connectivity index (χ4v) is 4.96. The van der Waals surface area contributed by atoms with Gasteiger partial charge < -0.3 is 26.0 Å². The minimum atomic E-state index is -1.03. The van der Waals surface area contributed by atoms with Crippen LogP contribution in [0.25, 0.3) is 10.9 Å². The third kappa shape index (κ3) is 7.46. The van der Waals surface area contributed by atoms with E-state index in [1.165, 1.54) is 17.7 Å². The van der Waals surface area contributed by atoms with E-state index in [0.717, 1.165) is 48.3 Å². The van der Waals surface area contributed by atoms with Crippen LogP contribution < -0.4 is 16.4 Å². The van der Waals surface area contributed by atoms with Gasteiger partial charge in [0, 0.05) is 48.5 Å². The molecule has 4 rings (SSSR count). The molecule has 0 aliphatic rings. The third-order valence-electron chi connectivity index (χ3n) is 7.18. The standard InChI is InChI=1S/C32H38F2N4O2/c1-3-5-10-38-11-9-27-28(35)16-24(17-30(27)38)32(40)37-29(15-23-13-25(33)18-26(34)14-23)31(39)20-36-19-22-8-6-7-21(4-2)12-22/h6-9,11-14,16-18,29,31,36,39H,3-5,10,15,19-20,35H2,1-2H3,(H,37,40)/t29-,31+/m0/s1. The van der Waals surface area contributed by atoms with Crippen molar-refractivity contribution in [2.75, 3.05) is 12.3 Å². The van der Waals surface area contributed by atoms with Gasteiger partial charge in [-0.25, -0.2) is 8.78 Å². The molecule has 5 N–H and O–H groups in total. The van der Waals surface area contributed by atoms with Crippen molar-refractivity contribution in [2.24, 2.45) is 0 Å². The summed E-state index contributed by atoms with van der Waals surface area (Å²) < 4.78 is 29.9. The van der Waals surface area contributed by atoms with E-state index in [2.05, 4.69) is 41.2 Å². The first kappa shape index (κ1) is 29.2. The molecular formula is C32H38F2N4O2. The molecule has 0 aliphatic carbocycles. The molecule has 6 nitrogen and oxygen atoms in total. The summed E-state index contributed by atoms with van der Waals surface area (Å²) in [5, 5.41) is 18.1. The largest absolute Gasteiger partial charge is 0.398 e. The number of aromatic nitrogens is 1. The van der Waals surface area contributed by atoms with E-state index in [0.29, 0.717) is 23.4 Å². The zero-order chi connectivity index (χ0) is 28.6. The molecule has 8 heteroatoms. The lowest BCUT2D eigenvalue weighted by molar-refractivity contribution is 0.0830. The molecule has 1 aromatic heterocycles. The number of nitrogen functional groups attached to an aromatic ring is 1. The highest BCUT2D eigenvalue weighted by atomic mass is 19.1. The number of carbonyl (C=O) groups is 1. The van der Waals surface area contributed by atoms with Gasteiger partial charge in [0.1, 0.15) is 11.6 Å². The Hall–Kier alpha value is -3.75. The van der Waals surface area contributed by atoms with Crippen LogP contribution in [0.15, 0.2) is 66.9 Å². The Morgan fingerprint density at radius 2 is 1.75 bits per heavy atom. The maximum Gasteiger partial charge on any atom is 0.251 e. The summed E-state index contributed by atoms with van der Waals surface area (Å²) in [6.45, 7) is 5.71. The van der Waals surface area contributed by atoms with Crippen molar-refractivity contribution in [3.63, 3.8) is 0 Å². The molecule has 0 aliphatic heterocycles. The Morgan fingerprint density at radius 3 is 2.48 bits per heavy atom. The van der Waals surface area contributed by atoms with Crippen molar-refractivity contribution in [2.45, 2.75) is 64.8 Å². The van der Waals surface area contributed by atoms with Gasteiger partial charge in [0.25, 0.3) is 5.91 Å². The smallest absolute Gasteiger partial charge is 0.251 e. The Bertz CT molecular complexity index is 1430. The number of unbranched alkanes of at least 4 members (excludes halogenated alkanes) is 1. The van der Waals surface area contributed by atoms with Crippen LogP contribution in [0.4, 0.5) is 14.5 Å². The number of fused-ring (bicyclic) bond motifs is 1. The highest BCUT2D eigenvalue weighted by Crippen LogP contribution is 2.25. The number of hydrogen-bond donors (Lipinski definition) is 4. The van der Waals surface area contributed by atoms with Crippen molar-refractivity contribution in [3.05, 3.63) is 101 Å². The summed E-state index contributed by atoms with van der Waals surface area (Å²) in [6, 6.07) is 15.9.